The van der Waals surface area contributed by atoms with Gasteiger partial charge in [0, 0.05) is 43.3 Å². The minimum atomic E-state index is -0.586. The van der Waals surface area contributed by atoms with Gasteiger partial charge >= 0.3 is 0 Å². The summed E-state index contributed by atoms with van der Waals surface area (Å²) in [5.41, 5.74) is 11.3. The molecule has 3 aliphatic heterocycles. The Labute approximate surface area is 181 Å². The normalized spacial score (nSPS) is 22.9. The minimum Gasteiger partial charge on any atom is -0.363 e. The Morgan fingerprint density at radius 2 is 1.84 bits per heavy atom. The number of carbonyl (C=O) groups excluding carboxylic acids is 3. The maximum atomic E-state index is 12.9. The van der Waals surface area contributed by atoms with Crippen LogP contribution in [0, 0.1) is 0 Å². The highest BCUT2D eigenvalue weighted by Crippen LogP contribution is 2.33. The van der Waals surface area contributed by atoms with Gasteiger partial charge in [0.2, 0.25) is 11.8 Å². The van der Waals surface area contributed by atoms with Gasteiger partial charge in [-0.1, -0.05) is 30.3 Å². The smallest absolute Gasteiger partial charge is 0.255 e. The highest BCUT2D eigenvalue weighted by atomic mass is 16.2. The Kier molecular flexibility index (Phi) is 4.98. The van der Waals surface area contributed by atoms with Gasteiger partial charge in [-0.15, -0.1) is 0 Å². The van der Waals surface area contributed by atoms with E-state index in [1.807, 2.05) is 12.1 Å². The second kappa shape index (κ2) is 7.81. The molecule has 3 aliphatic rings. The van der Waals surface area contributed by atoms with E-state index in [0.717, 1.165) is 30.5 Å². The van der Waals surface area contributed by atoms with Gasteiger partial charge in [0.05, 0.1) is 0 Å². The summed E-state index contributed by atoms with van der Waals surface area (Å²) in [7, 11) is 0. The van der Waals surface area contributed by atoms with E-state index >= 15 is 0 Å². The molecule has 3 N–H and O–H groups in total. The van der Waals surface area contributed by atoms with E-state index in [4.69, 9.17) is 5.73 Å². The van der Waals surface area contributed by atoms with Crippen LogP contribution in [0.15, 0.2) is 42.5 Å². The first-order valence-corrected chi connectivity index (χ1v) is 10.9. The molecule has 5 rings (SSSR count). The lowest BCUT2D eigenvalue weighted by molar-refractivity contribution is -0.136. The van der Waals surface area contributed by atoms with Crippen LogP contribution in [0.2, 0.25) is 0 Å². The van der Waals surface area contributed by atoms with Crippen LogP contribution in [-0.4, -0.2) is 41.2 Å². The Hall–Kier alpha value is -3.19. The first-order valence-electron chi connectivity index (χ1n) is 10.9. The number of nitrogens with zero attached hydrogens (tertiary/aromatic N) is 2. The molecule has 31 heavy (non-hydrogen) atoms. The van der Waals surface area contributed by atoms with Gasteiger partial charge in [0.1, 0.15) is 6.04 Å². The van der Waals surface area contributed by atoms with Crippen molar-refractivity contribution in [1.82, 2.24) is 10.2 Å². The predicted octanol–water partition coefficient (Wildman–Crippen LogP) is 1.73. The fraction of sp³-hybridized carbons (Fsp3) is 0.375. The fourth-order valence-electron chi connectivity index (χ4n) is 5.06. The molecule has 2 aromatic carbocycles. The molecular weight excluding hydrogens is 392 g/mol. The number of rotatable bonds is 4. The highest BCUT2D eigenvalue weighted by Gasteiger charge is 2.39. The van der Waals surface area contributed by atoms with Gasteiger partial charge in [-0.25, -0.2) is 0 Å². The van der Waals surface area contributed by atoms with Crippen LogP contribution in [0.1, 0.15) is 46.3 Å². The summed E-state index contributed by atoms with van der Waals surface area (Å²) in [5, 5.41) is 2.35. The Morgan fingerprint density at radius 3 is 2.65 bits per heavy atom. The van der Waals surface area contributed by atoms with Crippen LogP contribution < -0.4 is 16.0 Å². The second-order valence-electron chi connectivity index (χ2n) is 8.58. The molecule has 0 aromatic heterocycles. The van der Waals surface area contributed by atoms with Crippen LogP contribution in [0.3, 0.4) is 0 Å². The van der Waals surface area contributed by atoms with Crippen molar-refractivity contribution < 1.29 is 14.4 Å². The zero-order chi connectivity index (χ0) is 21.5. The lowest BCUT2D eigenvalue weighted by atomic mass is 9.94. The van der Waals surface area contributed by atoms with E-state index in [0.29, 0.717) is 25.1 Å². The summed E-state index contributed by atoms with van der Waals surface area (Å²) in [5.74, 6) is -0.795. The average molecular weight is 418 g/mol. The number of para-hydroxylation sites is 1. The van der Waals surface area contributed by atoms with Crippen LogP contribution in [-0.2, 0) is 29.1 Å². The van der Waals surface area contributed by atoms with E-state index in [1.165, 1.54) is 11.3 Å². The monoisotopic (exact) mass is 418 g/mol. The predicted molar refractivity (Wildman–Crippen MR) is 116 cm³/mol. The number of nitrogens with one attached hydrogen (secondary N) is 1. The molecule has 0 spiro atoms. The molecule has 2 aromatic rings. The average Bonchev–Trinajstić information content (AvgIpc) is 3.09. The largest absolute Gasteiger partial charge is 0.363 e. The lowest BCUT2D eigenvalue weighted by Crippen LogP contribution is -2.52. The van der Waals surface area contributed by atoms with Crippen molar-refractivity contribution in [3.05, 3.63) is 64.7 Å². The summed E-state index contributed by atoms with van der Waals surface area (Å²) in [6.45, 7) is 1.71. The number of hydrogen-bond acceptors (Lipinski definition) is 5. The second-order valence-corrected chi connectivity index (χ2v) is 8.58. The molecule has 0 radical (unpaired) electrons. The SMILES string of the molecule is NCC1CCc2ccccc2N1Cc1ccc2c(c1)CN(C1CCC(=O)NC1=O)C2=O. The molecule has 7 nitrogen and oxygen atoms in total. The Bertz CT molecular complexity index is 1070. The molecule has 0 bridgehead atoms. The van der Waals surface area contributed by atoms with Crippen molar-refractivity contribution >= 4 is 23.4 Å². The molecular formula is C24H26N4O3. The quantitative estimate of drug-likeness (QED) is 0.738. The number of fused-ring (bicyclic) bond motifs is 2. The molecule has 0 aliphatic carbocycles. The number of hydrogen-bond donors (Lipinski definition) is 2. The van der Waals surface area contributed by atoms with Crippen molar-refractivity contribution in [2.24, 2.45) is 5.73 Å². The van der Waals surface area contributed by atoms with Crippen molar-refractivity contribution in [2.75, 3.05) is 11.4 Å². The van der Waals surface area contributed by atoms with E-state index in [9.17, 15) is 14.4 Å². The van der Waals surface area contributed by atoms with E-state index < -0.39 is 6.04 Å². The number of piperidine rings is 1. The summed E-state index contributed by atoms with van der Waals surface area (Å²) < 4.78 is 0. The molecule has 2 atom stereocenters. The fourth-order valence-corrected chi connectivity index (χ4v) is 5.06. The standard InChI is InChI=1S/C24H26N4O3/c25-12-18-7-6-16-3-1-2-4-20(16)27(18)13-15-5-8-19-17(11-15)14-28(24(19)31)21-9-10-22(29)26-23(21)30/h1-5,8,11,18,21H,6-7,9-10,12-14,25H2,(H,26,29,30). The van der Waals surface area contributed by atoms with Crippen molar-refractivity contribution in [3.8, 4) is 0 Å². The number of imide groups is 1. The highest BCUT2D eigenvalue weighted by molar-refractivity contribution is 6.05. The maximum Gasteiger partial charge on any atom is 0.255 e. The van der Waals surface area contributed by atoms with Gasteiger partial charge < -0.3 is 15.5 Å². The van der Waals surface area contributed by atoms with Crippen LogP contribution in [0.5, 0.6) is 0 Å². The minimum absolute atomic E-state index is 0.140. The summed E-state index contributed by atoms with van der Waals surface area (Å²) in [4.78, 5) is 40.6. The van der Waals surface area contributed by atoms with Gasteiger partial charge in [0.25, 0.3) is 5.91 Å². The molecule has 1 fully saturated rings. The molecule has 1 saturated heterocycles. The third-order valence-corrected chi connectivity index (χ3v) is 6.70. The topological polar surface area (TPSA) is 95.7 Å². The number of anilines is 1. The van der Waals surface area contributed by atoms with Gasteiger partial charge in [-0.05, 0) is 48.1 Å². The van der Waals surface area contributed by atoms with Gasteiger partial charge in [-0.2, -0.15) is 0 Å². The number of benzene rings is 2. The van der Waals surface area contributed by atoms with E-state index in [-0.39, 0.29) is 30.2 Å². The molecule has 7 heteroatoms. The number of aryl methyl sites for hydroxylation is 1. The number of amides is 3. The number of nitrogens with two attached hydrogens (primary N) is 1. The van der Waals surface area contributed by atoms with Crippen LogP contribution in [0.4, 0.5) is 5.69 Å². The first kappa shape index (κ1) is 19.8. The molecule has 0 saturated carbocycles. The third-order valence-electron chi connectivity index (χ3n) is 6.70. The lowest BCUT2D eigenvalue weighted by Gasteiger charge is -2.38. The molecule has 3 heterocycles. The van der Waals surface area contributed by atoms with Gasteiger partial charge in [-0.3, -0.25) is 19.7 Å². The number of carbonyl (C=O) groups is 3. The van der Waals surface area contributed by atoms with Crippen molar-refractivity contribution in [1.29, 1.82) is 0 Å². The Balaban J connectivity index is 1.38. The van der Waals surface area contributed by atoms with Crippen molar-refractivity contribution in [2.45, 2.75) is 50.9 Å². The van der Waals surface area contributed by atoms with Gasteiger partial charge in [0.15, 0.2) is 0 Å². The summed E-state index contributed by atoms with van der Waals surface area (Å²) in [6, 6.07) is 14.1. The summed E-state index contributed by atoms with van der Waals surface area (Å²) >= 11 is 0. The van der Waals surface area contributed by atoms with Crippen LogP contribution in [0.25, 0.3) is 0 Å². The van der Waals surface area contributed by atoms with Crippen molar-refractivity contribution in [3.63, 3.8) is 0 Å². The zero-order valence-corrected chi connectivity index (χ0v) is 17.3. The Morgan fingerprint density at radius 1 is 1.00 bits per heavy atom. The third kappa shape index (κ3) is 3.49. The van der Waals surface area contributed by atoms with E-state index in [1.54, 1.807) is 4.90 Å². The molecule has 3 amide bonds. The van der Waals surface area contributed by atoms with Crippen LogP contribution >= 0.6 is 0 Å². The van der Waals surface area contributed by atoms with E-state index in [2.05, 4.69) is 40.5 Å². The first-order chi connectivity index (χ1) is 15.0. The molecule has 160 valence electrons. The summed E-state index contributed by atoms with van der Waals surface area (Å²) in [6.07, 6.45) is 2.70. The maximum absolute atomic E-state index is 12.9. The molecule has 2 unspecified atom stereocenters. The zero-order valence-electron chi connectivity index (χ0n) is 17.3.